The van der Waals surface area contributed by atoms with Gasteiger partial charge in [-0.05, 0) is 61.8 Å². The van der Waals surface area contributed by atoms with E-state index in [2.05, 4.69) is 12.2 Å². The summed E-state index contributed by atoms with van der Waals surface area (Å²) in [5.74, 6) is 3.25. The molecular formula is C17H31N. The van der Waals surface area contributed by atoms with Gasteiger partial charge in [0.2, 0.25) is 0 Å². The molecule has 0 amide bonds. The van der Waals surface area contributed by atoms with Crippen LogP contribution in [0.15, 0.2) is 0 Å². The molecule has 0 saturated heterocycles. The van der Waals surface area contributed by atoms with Crippen LogP contribution in [0, 0.1) is 23.2 Å². The summed E-state index contributed by atoms with van der Waals surface area (Å²) in [6.45, 7) is 4.73. The number of hydrogen-bond acceptors (Lipinski definition) is 1. The Kier molecular flexibility index (Phi) is 3.98. The molecule has 1 nitrogen and oxygen atoms in total. The van der Waals surface area contributed by atoms with Crippen LogP contribution in [0.1, 0.15) is 71.1 Å². The Labute approximate surface area is 113 Å². The lowest BCUT2D eigenvalue weighted by molar-refractivity contribution is 0.132. The van der Waals surface area contributed by atoms with Crippen LogP contribution >= 0.6 is 0 Å². The molecule has 0 spiro atoms. The second-order valence-corrected chi connectivity index (χ2v) is 7.41. The van der Waals surface area contributed by atoms with Gasteiger partial charge in [0, 0.05) is 6.54 Å². The van der Waals surface area contributed by atoms with E-state index in [1.54, 1.807) is 25.7 Å². The van der Waals surface area contributed by atoms with Gasteiger partial charge in [-0.3, -0.25) is 0 Å². The van der Waals surface area contributed by atoms with Crippen molar-refractivity contribution in [2.75, 3.05) is 13.1 Å². The van der Waals surface area contributed by atoms with Crippen molar-refractivity contribution in [3.8, 4) is 0 Å². The van der Waals surface area contributed by atoms with Crippen molar-refractivity contribution in [3.05, 3.63) is 0 Å². The minimum atomic E-state index is 0.710. The number of nitrogens with one attached hydrogen (secondary N) is 1. The molecule has 3 saturated carbocycles. The molecule has 3 atom stereocenters. The lowest BCUT2D eigenvalue weighted by Crippen LogP contribution is -2.39. The van der Waals surface area contributed by atoms with E-state index in [0.717, 1.165) is 24.3 Å². The zero-order valence-corrected chi connectivity index (χ0v) is 12.2. The molecule has 3 unspecified atom stereocenters. The number of fused-ring (bicyclic) bond motifs is 2. The topological polar surface area (TPSA) is 12.0 Å². The monoisotopic (exact) mass is 249 g/mol. The largest absolute Gasteiger partial charge is 0.316 e. The normalized spacial score (nSPS) is 39.8. The Bertz CT molecular complexity index is 269. The highest BCUT2D eigenvalue weighted by Gasteiger charge is 2.50. The molecule has 104 valence electrons. The Balaban J connectivity index is 1.58. The van der Waals surface area contributed by atoms with E-state index >= 15 is 0 Å². The van der Waals surface area contributed by atoms with Gasteiger partial charge in [0.15, 0.2) is 0 Å². The lowest BCUT2D eigenvalue weighted by Gasteiger charge is -2.39. The van der Waals surface area contributed by atoms with Crippen molar-refractivity contribution < 1.29 is 0 Å². The van der Waals surface area contributed by atoms with Crippen molar-refractivity contribution in [1.29, 1.82) is 0 Å². The molecule has 0 aliphatic heterocycles. The van der Waals surface area contributed by atoms with Crippen molar-refractivity contribution >= 4 is 0 Å². The average Bonchev–Trinajstić information content (AvgIpc) is 3.10. The summed E-state index contributed by atoms with van der Waals surface area (Å²) in [4.78, 5) is 0. The van der Waals surface area contributed by atoms with Gasteiger partial charge in [0.1, 0.15) is 0 Å². The molecule has 0 heterocycles. The van der Waals surface area contributed by atoms with E-state index in [1.165, 1.54) is 45.1 Å². The summed E-state index contributed by atoms with van der Waals surface area (Å²) in [6, 6.07) is 0. The van der Waals surface area contributed by atoms with E-state index < -0.39 is 0 Å². The third kappa shape index (κ3) is 2.48. The van der Waals surface area contributed by atoms with Crippen LogP contribution in [-0.2, 0) is 0 Å². The lowest BCUT2D eigenvalue weighted by atomic mass is 9.69. The maximum atomic E-state index is 3.69. The van der Waals surface area contributed by atoms with Gasteiger partial charge in [-0.1, -0.05) is 39.0 Å². The predicted octanol–water partition coefficient (Wildman–Crippen LogP) is 4.37. The molecule has 0 aromatic carbocycles. The molecule has 3 aliphatic rings. The van der Waals surface area contributed by atoms with E-state index in [9.17, 15) is 0 Å². The Hall–Kier alpha value is -0.0400. The van der Waals surface area contributed by atoms with Crippen molar-refractivity contribution in [2.45, 2.75) is 71.1 Å². The Morgan fingerprint density at radius 3 is 2.56 bits per heavy atom. The fraction of sp³-hybridized carbons (Fsp3) is 1.00. The maximum absolute atomic E-state index is 3.69. The molecular weight excluding hydrogens is 218 g/mol. The van der Waals surface area contributed by atoms with Crippen LogP contribution in [-0.4, -0.2) is 13.1 Å². The zero-order valence-electron chi connectivity index (χ0n) is 12.2. The second-order valence-electron chi connectivity index (χ2n) is 7.41. The van der Waals surface area contributed by atoms with Crippen molar-refractivity contribution in [1.82, 2.24) is 5.32 Å². The van der Waals surface area contributed by atoms with Crippen LogP contribution in [0.2, 0.25) is 0 Å². The zero-order chi connectivity index (χ0) is 12.4. The molecule has 3 aliphatic carbocycles. The molecule has 3 fully saturated rings. The standard InChI is InChI=1S/C17H31N/c1-2-18-13-17(10-9-14-5-3-4-6-14)12-15-7-8-16(17)11-15/h14-16,18H,2-13H2,1H3. The van der Waals surface area contributed by atoms with E-state index in [-0.39, 0.29) is 0 Å². The first-order valence-electron chi connectivity index (χ1n) is 8.53. The van der Waals surface area contributed by atoms with Crippen LogP contribution < -0.4 is 5.32 Å². The fourth-order valence-electron chi connectivity index (χ4n) is 5.33. The second kappa shape index (κ2) is 5.53. The average molecular weight is 249 g/mol. The van der Waals surface area contributed by atoms with Gasteiger partial charge in [-0.15, -0.1) is 0 Å². The number of rotatable bonds is 6. The summed E-state index contributed by atoms with van der Waals surface area (Å²) >= 11 is 0. The third-order valence-electron chi connectivity index (χ3n) is 6.35. The Morgan fingerprint density at radius 1 is 1.11 bits per heavy atom. The van der Waals surface area contributed by atoms with E-state index in [4.69, 9.17) is 0 Å². The first-order valence-corrected chi connectivity index (χ1v) is 8.53. The smallest absolute Gasteiger partial charge is 0.00105 e. The molecule has 18 heavy (non-hydrogen) atoms. The summed E-state index contributed by atoms with van der Waals surface area (Å²) in [5.41, 5.74) is 0.710. The first-order chi connectivity index (χ1) is 8.82. The SMILES string of the molecule is CCNCC1(CCC2CCCC2)CC2CCC1C2. The molecule has 0 radical (unpaired) electrons. The molecule has 1 N–H and O–H groups in total. The molecule has 3 rings (SSSR count). The minimum absolute atomic E-state index is 0.710. The summed E-state index contributed by atoms with van der Waals surface area (Å²) in [5, 5.41) is 3.69. The highest BCUT2D eigenvalue weighted by molar-refractivity contribution is 5.01. The van der Waals surface area contributed by atoms with Gasteiger partial charge in [-0.2, -0.15) is 0 Å². The van der Waals surface area contributed by atoms with E-state index in [0.29, 0.717) is 5.41 Å². The van der Waals surface area contributed by atoms with Crippen LogP contribution in [0.3, 0.4) is 0 Å². The fourth-order valence-corrected chi connectivity index (χ4v) is 5.33. The number of hydrogen-bond donors (Lipinski definition) is 1. The van der Waals surface area contributed by atoms with Crippen LogP contribution in [0.4, 0.5) is 0 Å². The third-order valence-corrected chi connectivity index (χ3v) is 6.35. The highest BCUT2D eigenvalue weighted by atomic mass is 14.9. The van der Waals surface area contributed by atoms with Gasteiger partial charge in [0.05, 0.1) is 0 Å². The minimum Gasteiger partial charge on any atom is -0.316 e. The molecule has 2 bridgehead atoms. The van der Waals surface area contributed by atoms with E-state index in [1.807, 2.05) is 0 Å². The van der Waals surface area contributed by atoms with Gasteiger partial charge in [0.25, 0.3) is 0 Å². The Morgan fingerprint density at radius 2 is 1.94 bits per heavy atom. The van der Waals surface area contributed by atoms with Gasteiger partial charge < -0.3 is 5.32 Å². The quantitative estimate of drug-likeness (QED) is 0.737. The summed E-state index contributed by atoms with van der Waals surface area (Å²) < 4.78 is 0. The van der Waals surface area contributed by atoms with Gasteiger partial charge >= 0.3 is 0 Å². The predicted molar refractivity (Wildman–Crippen MR) is 77.6 cm³/mol. The maximum Gasteiger partial charge on any atom is 0.00105 e. The summed E-state index contributed by atoms with van der Waals surface area (Å²) in [7, 11) is 0. The summed E-state index contributed by atoms with van der Waals surface area (Å²) in [6.07, 6.45) is 15.4. The molecule has 0 aromatic rings. The van der Waals surface area contributed by atoms with Crippen molar-refractivity contribution in [2.24, 2.45) is 23.2 Å². The van der Waals surface area contributed by atoms with Crippen LogP contribution in [0.5, 0.6) is 0 Å². The van der Waals surface area contributed by atoms with Crippen LogP contribution in [0.25, 0.3) is 0 Å². The highest BCUT2D eigenvalue weighted by Crippen LogP contribution is 2.58. The van der Waals surface area contributed by atoms with Crippen molar-refractivity contribution in [3.63, 3.8) is 0 Å². The van der Waals surface area contributed by atoms with Gasteiger partial charge in [-0.25, -0.2) is 0 Å². The first kappa shape index (κ1) is 13.0. The molecule has 0 aromatic heterocycles. The molecule has 1 heteroatoms.